The second-order valence-electron chi connectivity index (χ2n) is 2.97. The van der Waals surface area contributed by atoms with E-state index < -0.39 is 0 Å². The molecule has 0 amide bonds. The smallest absolute Gasteiger partial charge is 0.337 e. The topological polar surface area (TPSA) is 26.3 Å². The van der Waals surface area contributed by atoms with Crippen molar-refractivity contribution in [2.24, 2.45) is 0 Å². The number of carbonyl (C=O) groups is 1. The molecule has 0 unspecified atom stereocenters. The number of benzene rings is 1. The number of hydrogen-bond donors (Lipinski definition) is 0. The minimum Gasteiger partial charge on any atom is -0.465 e. The summed E-state index contributed by atoms with van der Waals surface area (Å²) in [6.45, 7) is 0. The van der Waals surface area contributed by atoms with E-state index in [9.17, 15) is 4.79 Å². The molecule has 78 valence electrons. The molecule has 0 N–H and O–H groups in total. The van der Waals surface area contributed by atoms with Crippen molar-refractivity contribution in [2.75, 3.05) is 7.11 Å². The second kappa shape index (κ2) is 6.38. The highest BCUT2D eigenvalue weighted by Crippen LogP contribution is 2.04. The van der Waals surface area contributed by atoms with Crippen molar-refractivity contribution < 1.29 is 9.53 Å². The maximum atomic E-state index is 11.1. The Morgan fingerprint density at radius 1 is 1.31 bits per heavy atom. The van der Waals surface area contributed by atoms with Gasteiger partial charge < -0.3 is 4.74 Å². The van der Waals surface area contributed by atoms with Crippen LogP contribution in [0.4, 0.5) is 0 Å². The van der Waals surface area contributed by atoms with E-state index in [1.807, 2.05) is 7.85 Å². The molecule has 0 spiro atoms. The van der Waals surface area contributed by atoms with Gasteiger partial charge in [-0.05, 0) is 42.4 Å². The van der Waals surface area contributed by atoms with Gasteiger partial charge in [0.25, 0.3) is 0 Å². The summed E-state index contributed by atoms with van der Waals surface area (Å²) >= 11 is 0. The number of methoxy groups -OCH3 is 1. The van der Waals surface area contributed by atoms with Crippen LogP contribution in [-0.4, -0.2) is 20.9 Å². The predicted octanol–water partition coefficient (Wildman–Crippen LogP) is 0.879. The Kier molecular flexibility index (Phi) is 4.76. The highest BCUT2D eigenvalue weighted by atomic mass is 16.5. The molecule has 1 aromatic rings. The maximum absolute atomic E-state index is 11.1. The zero-order valence-corrected chi connectivity index (χ0v) is 9.33. The van der Waals surface area contributed by atoms with Crippen molar-refractivity contribution in [3.63, 3.8) is 0 Å². The zero-order chi connectivity index (χ0) is 11.8. The van der Waals surface area contributed by atoms with Crippen LogP contribution in [0.15, 0.2) is 24.3 Å². The summed E-state index contributed by atoms with van der Waals surface area (Å²) in [5.41, 5.74) is 1.35. The van der Waals surface area contributed by atoms with Crippen molar-refractivity contribution in [3.8, 4) is 23.7 Å². The van der Waals surface area contributed by atoms with Crippen LogP contribution in [0.25, 0.3) is 0 Å². The molecule has 0 fully saturated rings. The molecule has 0 aliphatic rings. The van der Waals surface area contributed by atoms with Gasteiger partial charge in [0.2, 0.25) is 0 Å². The Hall–Kier alpha value is -2.13. The quantitative estimate of drug-likeness (QED) is 0.390. The normalized spacial score (nSPS) is 8.06. The molecular formula is C13H11BO2. The fraction of sp³-hybridized carbons (Fsp3) is 0.154. The van der Waals surface area contributed by atoms with E-state index >= 15 is 0 Å². The van der Waals surface area contributed by atoms with Crippen LogP contribution in [0.5, 0.6) is 0 Å². The molecule has 0 aliphatic heterocycles. The molecule has 0 radical (unpaired) electrons. The standard InChI is InChI=1S/C13H11BO2/c1-16-13(15)12-8-6-11(7-9-12)5-3-2-4-10-14/h6-9H,10,14H2,1H3. The van der Waals surface area contributed by atoms with Gasteiger partial charge in [0.1, 0.15) is 7.85 Å². The third-order valence-corrected chi connectivity index (χ3v) is 1.84. The lowest BCUT2D eigenvalue weighted by atomic mass is 10.1. The van der Waals surface area contributed by atoms with E-state index in [4.69, 9.17) is 0 Å². The zero-order valence-electron chi connectivity index (χ0n) is 9.33. The maximum Gasteiger partial charge on any atom is 0.337 e. The number of rotatable bonds is 1. The third kappa shape index (κ3) is 3.56. The average Bonchev–Trinajstić information content (AvgIpc) is 2.34. The van der Waals surface area contributed by atoms with Crippen LogP contribution >= 0.6 is 0 Å². The number of hydrogen-bond acceptors (Lipinski definition) is 2. The van der Waals surface area contributed by atoms with Gasteiger partial charge in [-0.3, -0.25) is 0 Å². The van der Waals surface area contributed by atoms with Crippen LogP contribution < -0.4 is 0 Å². The molecule has 0 heterocycles. The van der Waals surface area contributed by atoms with Crippen molar-refractivity contribution in [3.05, 3.63) is 35.4 Å². The molecule has 16 heavy (non-hydrogen) atoms. The van der Waals surface area contributed by atoms with Gasteiger partial charge in [-0.15, -0.1) is 0 Å². The van der Waals surface area contributed by atoms with E-state index in [2.05, 4.69) is 28.4 Å². The summed E-state index contributed by atoms with van der Waals surface area (Å²) in [4.78, 5) is 11.1. The number of esters is 1. The van der Waals surface area contributed by atoms with Gasteiger partial charge >= 0.3 is 5.97 Å². The summed E-state index contributed by atoms with van der Waals surface area (Å²) in [5.74, 6) is 10.9. The fourth-order valence-corrected chi connectivity index (χ4v) is 1.04. The highest BCUT2D eigenvalue weighted by Gasteiger charge is 2.02. The minimum absolute atomic E-state index is 0.342. The number of ether oxygens (including phenoxy) is 1. The van der Waals surface area contributed by atoms with Gasteiger partial charge in [0.15, 0.2) is 0 Å². The number of carbonyl (C=O) groups excluding carboxylic acids is 1. The first-order valence-corrected chi connectivity index (χ1v) is 4.95. The van der Waals surface area contributed by atoms with Gasteiger partial charge in [0, 0.05) is 5.56 Å². The van der Waals surface area contributed by atoms with Crippen molar-refractivity contribution in [1.29, 1.82) is 0 Å². The summed E-state index contributed by atoms with van der Waals surface area (Å²) in [6, 6.07) is 6.91. The summed E-state index contributed by atoms with van der Waals surface area (Å²) < 4.78 is 4.59. The minimum atomic E-state index is -0.342. The van der Waals surface area contributed by atoms with Crippen molar-refractivity contribution in [1.82, 2.24) is 0 Å². The summed E-state index contributed by atoms with van der Waals surface area (Å²) in [7, 11) is 3.33. The fourth-order valence-electron chi connectivity index (χ4n) is 1.04. The van der Waals surface area contributed by atoms with E-state index in [0.29, 0.717) is 5.56 Å². The van der Waals surface area contributed by atoms with Gasteiger partial charge in [-0.2, -0.15) is 0 Å². The molecule has 1 aromatic carbocycles. The first-order valence-electron chi connectivity index (χ1n) is 4.95. The molecule has 2 nitrogen and oxygen atoms in total. The molecule has 0 bridgehead atoms. The van der Waals surface area contributed by atoms with E-state index in [1.165, 1.54) is 7.11 Å². The summed E-state index contributed by atoms with van der Waals surface area (Å²) in [5, 5.41) is 0. The van der Waals surface area contributed by atoms with Crippen molar-refractivity contribution >= 4 is 13.8 Å². The van der Waals surface area contributed by atoms with Crippen molar-refractivity contribution in [2.45, 2.75) is 6.32 Å². The van der Waals surface area contributed by atoms with E-state index in [-0.39, 0.29) is 5.97 Å². The second-order valence-corrected chi connectivity index (χ2v) is 2.97. The van der Waals surface area contributed by atoms with Crippen LogP contribution in [0, 0.1) is 23.7 Å². The van der Waals surface area contributed by atoms with E-state index in [1.54, 1.807) is 24.3 Å². The van der Waals surface area contributed by atoms with Crippen LogP contribution in [0.1, 0.15) is 15.9 Å². The lowest BCUT2D eigenvalue weighted by molar-refractivity contribution is 0.0601. The monoisotopic (exact) mass is 210 g/mol. The van der Waals surface area contributed by atoms with Crippen LogP contribution in [-0.2, 0) is 4.74 Å². The van der Waals surface area contributed by atoms with E-state index in [0.717, 1.165) is 11.9 Å². The Bertz CT molecular complexity index is 481. The Morgan fingerprint density at radius 3 is 2.56 bits per heavy atom. The molecule has 0 saturated carbocycles. The summed E-state index contributed by atoms with van der Waals surface area (Å²) in [6.07, 6.45) is 0.802. The highest BCUT2D eigenvalue weighted by molar-refractivity contribution is 6.10. The molecule has 0 aromatic heterocycles. The molecule has 1 rings (SSSR count). The van der Waals surface area contributed by atoms with Gasteiger partial charge in [-0.25, -0.2) is 4.79 Å². The molecule has 3 heteroatoms. The predicted molar refractivity (Wildman–Crippen MR) is 65.8 cm³/mol. The molecule has 0 atom stereocenters. The van der Waals surface area contributed by atoms with Gasteiger partial charge in [-0.1, -0.05) is 11.8 Å². The lowest BCUT2D eigenvalue weighted by Gasteiger charge is -1.97. The van der Waals surface area contributed by atoms with Crippen LogP contribution in [0.2, 0.25) is 6.32 Å². The largest absolute Gasteiger partial charge is 0.465 e. The first-order chi connectivity index (χ1) is 7.77. The third-order valence-electron chi connectivity index (χ3n) is 1.84. The van der Waals surface area contributed by atoms with Crippen LogP contribution in [0.3, 0.4) is 0 Å². The lowest BCUT2D eigenvalue weighted by Crippen LogP contribution is -2.00. The Morgan fingerprint density at radius 2 is 2.00 bits per heavy atom. The van der Waals surface area contributed by atoms with Gasteiger partial charge in [0.05, 0.1) is 12.7 Å². The Labute approximate surface area is 96.4 Å². The Balaban J connectivity index is 2.78. The first kappa shape index (κ1) is 11.9. The SMILES string of the molecule is BCC#CC#Cc1ccc(C(=O)OC)cc1. The molecule has 0 aliphatic carbocycles. The average molecular weight is 210 g/mol. The molecular weight excluding hydrogens is 199 g/mol. The molecule has 0 saturated heterocycles.